The first kappa shape index (κ1) is 20.0. The average Bonchev–Trinajstić information content (AvgIpc) is 3.40. The monoisotopic (exact) mass is 424 g/mol. The molecule has 1 unspecified atom stereocenters. The first-order chi connectivity index (χ1) is 15.6. The molecule has 1 saturated heterocycles. The van der Waals surface area contributed by atoms with Crippen LogP contribution < -0.4 is 9.80 Å². The van der Waals surface area contributed by atoms with Crippen molar-refractivity contribution in [3.8, 4) is 0 Å². The van der Waals surface area contributed by atoms with E-state index in [1.807, 2.05) is 94.4 Å². The number of imidazole rings is 1. The van der Waals surface area contributed by atoms with Crippen LogP contribution in [-0.2, 0) is 16.1 Å². The molecule has 3 aromatic carbocycles. The molecule has 5 rings (SSSR count). The van der Waals surface area contributed by atoms with Crippen molar-refractivity contribution < 1.29 is 9.59 Å². The van der Waals surface area contributed by atoms with Crippen molar-refractivity contribution >= 4 is 34.2 Å². The number of fused-ring (bicyclic) bond motifs is 1. The third-order valence-corrected chi connectivity index (χ3v) is 6.05. The summed E-state index contributed by atoms with van der Waals surface area (Å²) in [5.74, 6) is 0.745. The first-order valence-corrected chi connectivity index (χ1v) is 10.7. The van der Waals surface area contributed by atoms with Gasteiger partial charge in [-0.05, 0) is 36.4 Å². The largest absolute Gasteiger partial charge is 0.318 e. The lowest BCUT2D eigenvalue weighted by Crippen LogP contribution is -2.31. The molecule has 2 heterocycles. The lowest BCUT2D eigenvalue weighted by atomic mass is 10.1. The molecule has 0 N–H and O–H groups in total. The Morgan fingerprint density at radius 3 is 2.38 bits per heavy atom. The minimum Gasteiger partial charge on any atom is -0.318 e. The topological polar surface area (TPSA) is 58.4 Å². The molecule has 2 amide bonds. The third kappa shape index (κ3) is 3.64. The van der Waals surface area contributed by atoms with Crippen LogP contribution in [0.3, 0.4) is 0 Å². The summed E-state index contributed by atoms with van der Waals surface area (Å²) in [4.78, 5) is 34.3. The zero-order valence-corrected chi connectivity index (χ0v) is 17.9. The Bertz CT molecular complexity index is 1270. The molecule has 0 aliphatic carbocycles. The van der Waals surface area contributed by atoms with Gasteiger partial charge in [0.15, 0.2) is 0 Å². The second-order valence-electron chi connectivity index (χ2n) is 8.07. The maximum atomic E-state index is 13.2. The van der Waals surface area contributed by atoms with Crippen molar-refractivity contribution in [1.29, 1.82) is 0 Å². The van der Waals surface area contributed by atoms with Gasteiger partial charge in [0, 0.05) is 37.3 Å². The maximum absolute atomic E-state index is 13.2. The lowest BCUT2D eigenvalue weighted by molar-refractivity contribution is -0.119. The lowest BCUT2D eigenvalue weighted by Gasteiger charge is -2.20. The number of nitrogens with zero attached hydrogens (tertiary/aromatic N) is 4. The van der Waals surface area contributed by atoms with Crippen molar-refractivity contribution in [2.75, 3.05) is 23.4 Å². The van der Waals surface area contributed by atoms with E-state index in [4.69, 9.17) is 4.98 Å². The fraction of sp³-hybridized carbons (Fsp3) is 0.192. The number of hydrogen-bond acceptors (Lipinski definition) is 3. The molecule has 1 atom stereocenters. The molecule has 6 heteroatoms. The normalized spacial score (nSPS) is 16.0. The number of carbonyl (C=O) groups is 2. The molecular formula is C26H24N4O2. The van der Waals surface area contributed by atoms with Gasteiger partial charge in [0.1, 0.15) is 12.4 Å². The van der Waals surface area contributed by atoms with Gasteiger partial charge in [-0.1, -0.05) is 48.5 Å². The van der Waals surface area contributed by atoms with Gasteiger partial charge in [-0.15, -0.1) is 0 Å². The minimum atomic E-state index is -0.0788. The predicted octanol–water partition coefficient (Wildman–Crippen LogP) is 4.22. The molecule has 160 valence electrons. The van der Waals surface area contributed by atoms with E-state index >= 15 is 0 Å². The van der Waals surface area contributed by atoms with Gasteiger partial charge in [-0.2, -0.15) is 0 Å². The highest BCUT2D eigenvalue weighted by atomic mass is 16.2. The smallest absolute Gasteiger partial charge is 0.246 e. The Morgan fingerprint density at radius 2 is 1.62 bits per heavy atom. The van der Waals surface area contributed by atoms with Crippen molar-refractivity contribution in [1.82, 2.24) is 9.55 Å². The summed E-state index contributed by atoms with van der Waals surface area (Å²) in [7, 11) is 1.78. The van der Waals surface area contributed by atoms with Crippen molar-refractivity contribution in [2.24, 2.45) is 0 Å². The third-order valence-electron chi connectivity index (χ3n) is 6.05. The highest BCUT2D eigenvalue weighted by Gasteiger charge is 2.35. The molecule has 1 aromatic heterocycles. The molecule has 4 aromatic rings. The summed E-state index contributed by atoms with van der Waals surface area (Å²) in [5.41, 5.74) is 3.48. The van der Waals surface area contributed by atoms with E-state index < -0.39 is 0 Å². The molecule has 1 fully saturated rings. The number of anilines is 2. The van der Waals surface area contributed by atoms with E-state index in [9.17, 15) is 9.59 Å². The second kappa shape index (κ2) is 8.30. The van der Waals surface area contributed by atoms with Crippen LogP contribution in [0, 0.1) is 0 Å². The van der Waals surface area contributed by atoms with Crippen LogP contribution in [0.15, 0.2) is 84.9 Å². The summed E-state index contributed by atoms with van der Waals surface area (Å²) >= 11 is 0. The van der Waals surface area contributed by atoms with Crippen LogP contribution in [0.4, 0.5) is 11.4 Å². The van der Waals surface area contributed by atoms with Crippen LogP contribution >= 0.6 is 0 Å². The summed E-state index contributed by atoms with van der Waals surface area (Å²) in [6, 6.07) is 27.1. The van der Waals surface area contributed by atoms with Crippen molar-refractivity contribution in [2.45, 2.75) is 18.9 Å². The molecule has 0 radical (unpaired) electrons. The molecule has 0 bridgehead atoms. The van der Waals surface area contributed by atoms with Gasteiger partial charge in [0.05, 0.1) is 11.0 Å². The van der Waals surface area contributed by atoms with Crippen LogP contribution in [0.5, 0.6) is 0 Å². The fourth-order valence-corrected chi connectivity index (χ4v) is 4.35. The van der Waals surface area contributed by atoms with E-state index in [-0.39, 0.29) is 24.3 Å². The van der Waals surface area contributed by atoms with Crippen molar-refractivity contribution in [3.05, 3.63) is 90.8 Å². The highest BCUT2D eigenvalue weighted by molar-refractivity contribution is 5.97. The van der Waals surface area contributed by atoms with Crippen LogP contribution in [0.2, 0.25) is 0 Å². The number of hydrogen-bond donors (Lipinski definition) is 0. The average molecular weight is 425 g/mol. The number of aromatic nitrogens is 2. The molecule has 0 saturated carbocycles. The Hall–Kier alpha value is -3.93. The summed E-state index contributed by atoms with van der Waals surface area (Å²) in [6.07, 6.45) is 0.376. The fourth-order valence-electron chi connectivity index (χ4n) is 4.35. The minimum absolute atomic E-state index is 0.0372. The van der Waals surface area contributed by atoms with Gasteiger partial charge < -0.3 is 14.4 Å². The van der Waals surface area contributed by atoms with Gasteiger partial charge in [-0.3, -0.25) is 9.59 Å². The van der Waals surface area contributed by atoms with Gasteiger partial charge in [-0.25, -0.2) is 4.98 Å². The van der Waals surface area contributed by atoms with Gasteiger partial charge >= 0.3 is 0 Å². The van der Waals surface area contributed by atoms with Crippen molar-refractivity contribution in [3.63, 3.8) is 0 Å². The van der Waals surface area contributed by atoms with Gasteiger partial charge in [0.25, 0.3) is 0 Å². The quantitative estimate of drug-likeness (QED) is 0.482. The zero-order valence-electron chi connectivity index (χ0n) is 17.9. The molecule has 1 aliphatic rings. The number of para-hydroxylation sites is 4. The molecule has 0 spiro atoms. The standard InChI is InChI=1S/C26H24N4O2/c1-28(20-10-4-2-5-11-20)25(32)18-30-23-15-9-8-14-22(23)27-26(30)19-16-24(31)29(17-19)21-12-6-3-7-13-21/h2-15,19H,16-18H2,1H3. The second-order valence-corrected chi connectivity index (χ2v) is 8.07. The Labute approximate surface area is 186 Å². The van der Waals surface area contributed by atoms with E-state index in [1.54, 1.807) is 11.9 Å². The number of rotatable bonds is 5. The highest BCUT2D eigenvalue weighted by Crippen LogP contribution is 2.33. The molecular weight excluding hydrogens is 400 g/mol. The van der Waals surface area contributed by atoms with Gasteiger partial charge in [0.2, 0.25) is 11.8 Å². The summed E-state index contributed by atoms with van der Waals surface area (Å²) < 4.78 is 1.98. The van der Waals surface area contributed by atoms with Crippen LogP contribution in [0.25, 0.3) is 11.0 Å². The maximum Gasteiger partial charge on any atom is 0.246 e. The number of likely N-dealkylation sites (N-methyl/N-ethyl adjacent to an activating group) is 1. The molecule has 32 heavy (non-hydrogen) atoms. The SMILES string of the molecule is CN(C(=O)Cn1c(C2CC(=O)N(c3ccccc3)C2)nc2ccccc21)c1ccccc1. The Morgan fingerprint density at radius 1 is 0.969 bits per heavy atom. The van der Waals surface area contributed by atoms with E-state index in [0.717, 1.165) is 28.2 Å². The predicted molar refractivity (Wildman–Crippen MR) is 126 cm³/mol. The molecule has 6 nitrogen and oxygen atoms in total. The number of carbonyl (C=O) groups excluding carboxylic acids is 2. The Balaban J connectivity index is 1.47. The Kier molecular flexibility index (Phi) is 5.19. The number of benzene rings is 3. The van der Waals surface area contributed by atoms with E-state index in [2.05, 4.69) is 0 Å². The zero-order chi connectivity index (χ0) is 22.1. The molecule has 1 aliphatic heterocycles. The van der Waals surface area contributed by atoms with Crippen LogP contribution in [-0.4, -0.2) is 35.0 Å². The summed E-state index contributed by atoms with van der Waals surface area (Å²) in [6.45, 7) is 0.714. The first-order valence-electron chi connectivity index (χ1n) is 10.7. The van der Waals surface area contributed by atoms with Crippen LogP contribution in [0.1, 0.15) is 18.2 Å². The number of amides is 2. The summed E-state index contributed by atoms with van der Waals surface area (Å²) in [5, 5.41) is 0. The van der Waals surface area contributed by atoms with E-state index in [1.165, 1.54) is 0 Å². The van der Waals surface area contributed by atoms with E-state index in [0.29, 0.717) is 13.0 Å².